The van der Waals surface area contributed by atoms with Gasteiger partial charge in [0.15, 0.2) is 5.82 Å². The highest BCUT2D eigenvalue weighted by Gasteiger charge is 2.28. The molecule has 0 amide bonds. The topological polar surface area (TPSA) is 53.1 Å². The molecule has 2 aromatic rings. The summed E-state index contributed by atoms with van der Waals surface area (Å²) in [5.74, 6) is -0.789. The minimum Gasteiger partial charge on any atom is -0.378 e. The number of halogens is 2. The minimum atomic E-state index is -0.680. The van der Waals surface area contributed by atoms with Crippen molar-refractivity contribution in [1.82, 2.24) is 9.55 Å². The molecule has 108 valence electrons. The summed E-state index contributed by atoms with van der Waals surface area (Å²) >= 11 is 0. The van der Waals surface area contributed by atoms with Gasteiger partial charge in [-0.3, -0.25) is 0 Å². The Morgan fingerprint density at radius 3 is 3.00 bits per heavy atom. The third kappa shape index (κ3) is 2.14. The Morgan fingerprint density at radius 1 is 1.45 bits per heavy atom. The number of hydrogen-bond acceptors (Lipinski definition) is 3. The number of aromatic nitrogens is 2. The zero-order valence-electron chi connectivity index (χ0n) is 11.3. The van der Waals surface area contributed by atoms with Crippen molar-refractivity contribution in [2.75, 3.05) is 12.3 Å². The lowest BCUT2D eigenvalue weighted by Gasteiger charge is -2.18. The summed E-state index contributed by atoms with van der Waals surface area (Å²) in [6, 6.07) is 2.10. The maximum Gasteiger partial charge on any atom is 0.201 e. The van der Waals surface area contributed by atoms with E-state index in [4.69, 9.17) is 10.5 Å². The minimum absolute atomic E-state index is 0.121. The van der Waals surface area contributed by atoms with Gasteiger partial charge in [-0.25, -0.2) is 13.8 Å². The Balaban J connectivity index is 2.01. The van der Waals surface area contributed by atoms with Gasteiger partial charge in [-0.2, -0.15) is 0 Å². The van der Waals surface area contributed by atoms with Gasteiger partial charge in [0.25, 0.3) is 0 Å². The van der Waals surface area contributed by atoms with Crippen LogP contribution >= 0.6 is 0 Å². The highest BCUT2D eigenvalue weighted by atomic mass is 19.1. The smallest absolute Gasteiger partial charge is 0.201 e. The largest absolute Gasteiger partial charge is 0.378 e. The third-order valence-electron chi connectivity index (χ3n) is 3.97. The lowest BCUT2D eigenvalue weighted by atomic mass is 9.99. The first-order valence-electron chi connectivity index (χ1n) is 6.82. The van der Waals surface area contributed by atoms with E-state index in [1.54, 1.807) is 4.57 Å². The van der Waals surface area contributed by atoms with Crippen LogP contribution in [0.3, 0.4) is 0 Å². The van der Waals surface area contributed by atoms with Crippen molar-refractivity contribution < 1.29 is 13.5 Å². The summed E-state index contributed by atoms with van der Waals surface area (Å²) in [5.41, 5.74) is 6.38. The number of nitrogens with two attached hydrogens (primary N) is 1. The van der Waals surface area contributed by atoms with Crippen molar-refractivity contribution >= 4 is 17.0 Å². The Hall–Kier alpha value is -1.69. The number of rotatable bonds is 3. The second-order valence-electron chi connectivity index (χ2n) is 5.20. The number of anilines is 1. The normalized spacial score (nSPS) is 22.8. The Morgan fingerprint density at radius 2 is 2.25 bits per heavy atom. The van der Waals surface area contributed by atoms with Gasteiger partial charge in [-0.15, -0.1) is 0 Å². The molecule has 20 heavy (non-hydrogen) atoms. The van der Waals surface area contributed by atoms with Gasteiger partial charge in [0, 0.05) is 31.2 Å². The molecule has 6 heteroatoms. The van der Waals surface area contributed by atoms with Gasteiger partial charge in [-0.1, -0.05) is 6.92 Å². The van der Waals surface area contributed by atoms with Crippen molar-refractivity contribution in [2.24, 2.45) is 5.92 Å². The quantitative estimate of drug-likeness (QED) is 0.941. The number of nitrogens with zero attached hydrogens (tertiary/aromatic N) is 2. The molecule has 1 saturated heterocycles. The molecule has 1 aromatic carbocycles. The second kappa shape index (κ2) is 5.01. The van der Waals surface area contributed by atoms with E-state index >= 15 is 0 Å². The van der Waals surface area contributed by atoms with E-state index in [9.17, 15) is 8.78 Å². The number of ether oxygens (including phenoxy) is 1. The first-order chi connectivity index (χ1) is 9.60. The molecule has 2 heterocycles. The monoisotopic (exact) mass is 281 g/mol. The Labute approximate surface area is 115 Å². The number of fused-ring (bicyclic) bond motifs is 1. The fourth-order valence-corrected chi connectivity index (χ4v) is 2.95. The van der Waals surface area contributed by atoms with Crippen LogP contribution in [0.4, 0.5) is 14.7 Å². The highest BCUT2D eigenvalue weighted by Crippen LogP contribution is 2.29. The summed E-state index contributed by atoms with van der Waals surface area (Å²) in [4.78, 5) is 4.00. The average Bonchev–Trinajstić information content (AvgIpc) is 2.97. The van der Waals surface area contributed by atoms with Crippen LogP contribution in [0.5, 0.6) is 0 Å². The SMILES string of the molecule is CCC1OCCC1Cn1c(N)nc2c(F)cc(F)cc21. The third-order valence-corrected chi connectivity index (χ3v) is 3.97. The molecule has 1 fully saturated rings. The van der Waals surface area contributed by atoms with Gasteiger partial charge in [-0.05, 0) is 12.8 Å². The van der Waals surface area contributed by atoms with Gasteiger partial charge >= 0.3 is 0 Å². The standard InChI is InChI=1S/C14H17F2N3O/c1-2-12-8(3-4-20-12)7-19-11-6-9(15)5-10(16)13(11)18-14(19)17/h5-6,8,12H,2-4,7H2,1H3,(H2,17,18). The van der Waals surface area contributed by atoms with E-state index in [0.717, 1.165) is 25.5 Å². The van der Waals surface area contributed by atoms with Crippen LogP contribution in [0.25, 0.3) is 11.0 Å². The van der Waals surface area contributed by atoms with Crippen LogP contribution in [-0.2, 0) is 11.3 Å². The molecule has 2 N–H and O–H groups in total. The predicted molar refractivity (Wildman–Crippen MR) is 72.2 cm³/mol. The van der Waals surface area contributed by atoms with Gasteiger partial charge in [0.1, 0.15) is 11.3 Å². The van der Waals surface area contributed by atoms with Crippen LogP contribution < -0.4 is 5.73 Å². The number of hydrogen-bond donors (Lipinski definition) is 1. The molecule has 2 unspecified atom stereocenters. The maximum atomic E-state index is 13.7. The van der Waals surface area contributed by atoms with E-state index in [0.29, 0.717) is 18.0 Å². The van der Waals surface area contributed by atoms with Crippen LogP contribution in [-0.4, -0.2) is 22.3 Å². The molecule has 1 aromatic heterocycles. The molecule has 1 aliphatic rings. The summed E-state index contributed by atoms with van der Waals surface area (Å²) in [6.07, 6.45) is 2.01. The van der Waals surface area contributed by atoms with E-state index in [1.165, 1.54) is 6.07 Å². The maximum absolute atomic E-state index is 13.7. The molecule has 4 nitrogen and oxygen atoms in total. The van der Waals surface area contributed by atoms with Gasteiger partial charge in [0.2, 0.25) is 5.95 Å². The number of imidazole rings is 1. The summed E-state index contributed by atoms with van der Waals surface area (Å²) < 4.78 is 34.4. The summed E-state index contributed by atoms with van der Waals surface area (Å²) in [5, 5.41) is 0. The fourth-order valence-electron chi connectivity index (χ4n) is 2.95. The molecule has 0 spiro atoms. The first kappa shape index (κ1) is 13.3. The van der Waals surface area contributed by atoms with E-state index < -0.39 is 11.6 Å². The average molecular weight is 281 g/mol. The lowest BCUT2D eigenvalue weighted by Crippen LogP contribution is -2.21. The Bertz CT molecular complexity index is 641. The van der Waals surface area contributed by atoms with Crippen molar-refractivity contribution in [3.63, 3.8) is 0 Å². The van der Waals surface area contributed by atoms with Crippen molar-refractivity contribution in [3.05, 3.63) is 23.8 Å². The second-order valence-corrected chi connectivity index (χ2v) is 5.20. The molecule has 0 aliphatic carbocycles. The van der Waals surface area contributed by atoms with E-state index in [1.807, 2.05) is 0 Å². The molecule has 3 rings (SSSR count). The van der Waals surface area contributed by atoms with Crippen LogP contribution in [0.15, 0.2) is 12.1 Å². The summed E-state index contributed by atoms with van der Waals surface area (Å²) in [7, 11) is 0. The van der Waals surface area contributed by atoms with Crippen molar-refractivity contribution in [1.29, 1.82) is 0 Å². The van der Waals surface area contributed by atoms with Gasteiger partial charge in [0.05, 0.1) is 11.6 Å². The predicted octanol–water partition coefficient (Wildman–Crippen LogP) is 2.71. The molecular formula is C14H17F2N3O. The molecule has 0 radical (unpaired) electrons. The van der Waals surface area contributed by atoms with Gasteiger partial charge < -0.3 is 15.0 Å². The fraction of sp³-hybridized carbons (Fsp3) is 0.500. The van der Waals surface area contributed by atoms with Crippen LogP contribution in [0.2, 0.25) is 0 Å². The number of nitrogen functional groups attached to an aromatic ring is 1. The summed E-state index contributed by atoms with van der Waals surface area (Å²) in [6.45, 7) is 3.36. The van der Waals surface area contributed by atoms with Crippen LogP contribution in [0.1, 0.15) is 19.8 Å². The van der Waals surface area contributed by atoms with E-state index in [-0.39, 0.29) is 17.6 Å². The molecule has 2 atom stereocenters. The van der Waals surface area contributed by atoms with Crippen molar-refractivity contribution in [3.8, 4) is 0 Å². The first-order valence-corrected chi connectivity index (χ1v) is 6.82. The zero-order valence-corrected chi connectivity index (χ0v) is 11.3. The lowest BCUT2D eigenvalue weighted by molar-refractivity contribution is 0.0839. The van der Waals surface area contributed by atoms with E-state index in [2.05, 4.69) is 11.9 Å². The molecule has 0 bridgehead atoms. The highest BCUT2D eigenvalue weighted by molar-refractivity contribution is 5.79. The van der Waals surface area contributed by atoms with Crippen LogP contribution in [0, 0.1) is 17.6 Å². The Kier molecular flexibility index (Phi) is 3.33. The van der Waals surface area contributed by atoms with Crippen molar-refractivity contribution in [2.45, 2.75) is 32.4 Å². The molecular weight excluding hydrogens is 264 g/mol. The number of benzene rings is 1. The zero-order chi connectivity index (χ0) is 14.3. The molecule has 0 saturated carbocycles. The molecule has 1 aliphatic heterocycles.